The summed E-state index contributed by atoms with van der Waals surface area (Å²) in [6.45, 7) is 6.90. The van der Waals surface area contributed by atoms with Crippen molar-refractivity contribution in [3.05, 3.63) is 0 Å². The van der Waals surface area contributed by atoms with Crippen LogP contribution in [-0.4, -0.2) is 11.2 Å². The van der Waals surface area contributed by atoms with Gasteiger partial charge in [0.2, 0.25) is 0 Å². The normalized spacial score (nSPS) is 13.2. The molecule has 0 saturated heterocycles. The van der Waals surface area contributed by atoms with Crippen molar-refractivity contribution in [3.8, 4) is 0 Å². The molecule has 2 unspecified atom stereocenters. The number of hydrogen-bond donors (Lipinski definition) is 1. The van der Waals surface area contributed by atoms with Gasteiger partial charge in [0.1, 0.15) is 0 Å². The summed E-state index contributed by atoms with van der Waals surface area (Å²) in [6.07, 6.45) is 45.7. The van der Waals surface area contributed by atoms with E-state index in [2.05, 4.69) is 20.8 Å². The van der Waals surface area contributed by atoms with E-state index < -0.39 is 0 Å². The van der Waals surface area contributed by atoms with Crippen molar-refractivity contribution in [2.45, 2.75) is 239 Å². The molecule has 0 aromatic rings. The molecular formula is C38H78O. The molecule has 0 rings (SSSR count). The van der Waals surface area contributed by atoms with E-state index in [1.807, 2.05) is 0 Å². The van der Waals surface area contributed by atoms with Crippen LogP contribution in [0.1, 0.15) is 233 Å². The third-order valence-corrected chi connectivity index (χ3v) is 9.25. The highest BCUT2D eigenvalue weighted by Crippen LogP contribution is 2.25. The highest BCUT2D eigenvalue weighted by atomic mass is 16.3. The Morgan fingerprint density at radius 2 is 0.487 bits per heavy atom. The molecule has 0 bridgehead atoms. The fraction of sp³-hybridized carbons (Fsp3) is 1.00. The molecule has 236 valence electrons. The van der Waals surface area contributed by atoms with Gasteiger partial charge in [0.25, 0.3) is 0 Å². The topological polar surface area (TPSA) is 20.2 Å². The molecule has 0 radical (unpaired) electrons. The van der Waals surface area contributed by atoms with E-state index in [1.165, 1.54) is 205 Å². The Morgan fingerprint density at radius 1 is 0.282 bits per heavy atom. The number of hydrogen-bond acceptors (Lipinski definition) is 1. The Kier molecular flexibility index (Phi) is 34.1. The maximum Gasteiger partial charge on any atom is 0.0568 e. The molecule has 0 spiro atoms. The van der Waals surface area contributed by atoms with E-state index in [4.69, 9.17) is 0 Å². The average Bonchev–Trinajstić information content (AvgIpc) is 2.94. The minimum absolute atomic E-state index is 0.0444. The molecule has 0 fully saturated rings. The lowest BCUT2D eigenvalue weighted by atomic mass is 9.87. The smallest absolute Gasteiger partial charge is 0.0568 e. The minimum atomic E-state index is -0.0444. The first-order chi connectivity index (χ1) is 19.3. The summed E-state index contributed by atoms with van der Waals surface area (Å²) in [7, 11) is 0. The quantitative estimate of drug-likeness (QED) is 0.0790. The van der Waals surface area contributed by atoms with E-state index in [0.717, 1.165) is 6.42 Å². The van der Waals surface area contributed by atoms with Crippen molar-refractivity contribution < 1.29 is 5.11 Å². The lowest BCUT2D eigenvalue weighted by Crippen LogP contribution is -2.20. The molecule has 0 aromatic carbocycles. The second-order valence-corrected chi connectivity index (χ2v) is 13.2. The van der Waals surface area contributed by atoms with Crippen LogP contribution < -0.4 is 0 Å². The van der Waals surface area contributed by atoms with Gasteiger partial charge in [-0.25, -0.2) is 0 Å². The maximum absolute atomic E-state index is 11.0. The second-order valence-electron chi connectivity index (χ2n) is 13.2. The van der Waals surface area contributed by atoms with Crippen LogP contribution in [0.2, 0.25) is 0 Å². The van der Waals surface area contributed by atoms with Crippen molar-refractivity contribution in [2.24, 2.45) is 5.92 Å². The monoisotopic (exact) mass is 551 g/mol. The van der Waals surface area contributed by atoms with Gasteiger partial charge in [0, 0.05) is 0 Å². The van der Waals surface area contributed by atoms with Crippen LogP contribution >= 0.6 is 0 Å². The Balaban J connectivity index is 3.81. The fourth-order valence-corrected chi connectivity index (χ4v) is 6.39. The van der Waals surface area contributed by atoms with E-state index >= 15 is 0 Å². The summed E-state index contributed by atoms with van der Waals surface area (Å²) in [5.74, 6) is 0.562. The highest BCUT2D eigenvalue weighted by molar-refractivity contribution is 4.70. The highest BCUT2D eigenvalue weighted by Gasteiger charge is 2.18. The molecule has 0 heterocycles. The van der Waals surface area contributed by atoms with Gasteiger partial charge < -0.3 is 5.11 Å². The summed E-state index contributed by atoms with van der Waals surface area (Å²) in [6, 6.07) is 0. The standard InChI is InChI=1S/C38H78O/c1-4-7-10-13-15-17-18-19-20-21-22-23-25-26-29-32-35-37(34-31-28-12-9-6-3)38(39)36-33-30-27-24-16-14-11-8-5-2/h37-39H,4-36H2,1-3H3. The van der Waals surface area contributed by atoms with E-state index in [1.54, 1.807) is 0 Å². The van der Waals surface area contributed by atoms with Crippen molar-refractivity contribution in [2.75, 3.05) is 0 Å². The van der Waals surface area contributed by atoms with Crippen molar-refractivity contribution in [1.82, 2.24) is 0 Å². The summed E-state index contributed by atoms with van der Waals surface area (Å²) in [5.41, 5.74) is 0. The molecule has 0 aromatic heterocycles. The Labute approximate surface area is 249 Å². The number of rotatable bonds is 34. The van der Waals surface area contributed by atoms with E-state index in [0.29, 0.717) is 5.92 Å². The van der Waals surface area contributed by atoms with Crippen molar-refractivity contribution >= 4 is 0 Å². The third kappa shape index (κ3) is 30.7. The molecule has 1 heteroatoms. The van der Waals surface area contributed by atoms with Gasteiger partial charge in [-0.15, -0.1) is 0 Å². The number of aliphatic hydroxyl groups is 1. The minimum Gasteiger partial charge on any atom is -0.393 e. The van der Waals surface area contributed by atoms with Gasteiger partial charge in [-0.3, -0.25) is 0 Å². The predicted molar refractivity (Wildman–Crippen MR) is 179 cm³/mol. The van der Waals surface area contributed by atoms with Crippen LogP contribution in [0, 0.1) is 5.92 Å². The second kappa shape index (κ2) is 34.2. The van der Waals surface area contributed by atoms with E-state index in [9.17, 15) is 5.11 Å². The van der Waals surface area contributed by atoms with Crippen molar-refractivity contribution in [3.63, 3.8) is 0 Å². The Bertz CT molecular complexity index is 419. The maximum atomic E-state index is 11.0. The summed E-state index contributed by atoms with van der Waals surface area (Å²) in [5, 5.41) is 11.0. The number of aliphatic hydroxyl groups excluding tert-OH is 1. The van der Waals surface area contributed by atoms with Crippen LogP contribution in [0.5, 0.6) is 0 Å². The summed E-state index contributed by atoms with van der Waals surface area (Å²) in [4.78, 5) is 0. The summed E-state index contributed by atoms with van der Waals surface area (Å²) < 4.78 is 0. The lowest BCUT2D eigenvalue weighted by Gasteiger charge is -2.23. The molecule has 1 N–H and O–H groups in total. The first-order valence-electron chi connectivity index (χ1n) is 18.9. The number of unbranched alkanes of at least 4 members (excludes halogenated alkanes) is 27. The molecule has 0 aliphatic carbocycles. The summed E-state index contributed by atoms with van der Waals surface area (Å²) >= 11 is 0. The van der Waals surface area contributed by atoms with Crippen molar-refractivity contribution in [1.29, 1.82) is 0 Å². The van der Waals surface area contributed by atoms with Gasteiger partial charge in [-0.05, 0) is 25.2 Å². The third-order valence-electron chi connectivity index (χ3n) is 9.25. The van der Waals surface area contributed by atoms with Gasteiger partial charge in [-0.2, -0.15) is 0 Å². The van der Waals surface area contributed by atoms with E-state index in [-0.39, 0.29) is 6.10 Å². The zero-order valence-corrected chi connectivity index (χ0v) is 27.9. The Morgan fingerprint density at radius 3 is 0.744 bits per heavy atom. The van der Waals surface area contributed by atoms with Gasteiger partial charge in [0.15, 0.2) is 0 Å². The van der Waals surface area contributed by atoms with Gasteiger partial charge in [-0.1, -0.05) is 213 Å². The first kappa shape index (κ1) is 39.0. The molecule has 0 amide bonds. The van der Waals surface area contributed by atoms with Crippen LogP contribution in [0.25, 0.3) is 0 Å². The molecule has 0 saturated carbocycles. The largest absolute Gasteiger partial charge is 0.393 e. The molecule has 1 nitrogen and oxygen atoms in total. The predicted octanol–water partition coefficient (Wildman–Crippen LogP) is 13.9. The average molecular weight is 551 g/mol. The lowest BCUT2D eigenvalue weighted by molar-refractivity contribution is 0.0829. The molecule has 2 atom stereocenters. The SMILES string of the molecule is CCCCCCCCCCCCCCCCCCC(CCCCCCC)C(O)CCCCCCCCCCC. The molecule has 0 aliphatic heterocycles. The Hall–Kier alpha value is -0.0400. The fourth-order valence-electron chi connectivity index (χ4n) is 6.39. The van der Waals surface area contributed by atoms with Crippen LogP contribution in [0.15, 0.2) is 0 Å². The van der Waals surface area contributed by atoms with Crippen LogP contribution in [-0.2, 0) is 0 Å². The molecular weight excluding hydrogens is 472 g/mol. The van der Waals surface area contributed by atoms with Gasteiger partial charge >= 0.3 is 0 Å². The van der Waals surface area contributed by atoms with Crippen LogP contribution in [0.4, 0.5) is 0 Å². The van der Waals surface area contributed by atoms with Crippen LogP contribution in [0.3, 0.4) is 0 Å². The zero-order valence-electron chi connectivity index (χ0n) is 27.9. The first-order valence-corrected chi connectivity index (χ1v) is 18.9. The molecule has 39 heavy (non-hydrogen) atoms. The molecule has 0 aliphatic rings. The van der Waals surface area contributed by atoms with Gasteiger partial charge in [0.05, 0.1) is 6.10 Å². The zero-order chi connectivity index (χ0) is 28.5.